The van der Waals surface area contributed by atoms with E-state index in [9.17, 15) is 0 Å². The molecule has 1 atom stereocenters. The highest BCUT2D eigenvalue weighted by molar-refractivity contribution is 6.30. The quantitative estimate of drug-likeness (QED) is 0.881. The molecule has 106 valence electrons. The summed E-state index contributed by atoms with van der Waals surface area (Å²) in [4.78, 5) is 2.53. The van der Waals surface area contributed by atoms with Gasteiger partial charge in [0.05, 0.1) is 0 Å². The number of hydrogen-bond donors (Lipinski definition) is 1. The molecule has 1 unspecified atom stereocenters. The second-order valence-electron chi connectivity index (χ2n) is 5.39. The fourth-order valence-electron chi connectivity index (χ4n) is 2.87. The Labute approximate surface area is 122 Å². The van der Waals surface area contributed by atoms with Crippen LogP contribution in [0.15, 0.2) is 24.3 Å². The van der Waals surface area contributed by atoms with Crippen molar-refractivity contribution in [3.05, 3.63) is 34.9 Å². The first kappa shape index (κ1) is 14.8. The van der Waals surface area contributed by atoms with Crippen molar-refractivity contribution in [2.24, 2.45) is 0 Å². The number of halogens is 1. The lowest BCUT2D eigenvalue weighted by Gasteiger charge is -2.34. The molecule has 0 radical (unpaired) electrons. The smallest absolute Gasteiger partial charge is 0.0409 e. The van der Waals surface area contributed by atoms with E-state index in [1.54, 1.807) is 0 Å². The van der Waals surface area contributed by atoms with Crippen molar-refractivity contribution in [3.63, 3.8) is 0 Å². The number of nitrogens with one attached hydrogen (secondary N) is 1. The predicted octanol–water partition coefficient (Wildman–Crippen LogP) is 3.87. The summed E-state index contributed by atoms with van der Waals surface area (Å²) in [7, 11) is 0. The molecule has 1 aliphatic heterocycles. The van der Waals surface area contributed by atoms with Crippen molar-refractivity contribution in [2.45, 2.75) is 45.2 Å². The van der Waals surface area contributed by atoms with Crippen LogP contribution in [0.1, 0.15) is 44.7 Å². The van der Waals surface area contributed by atoms with Gasteiger partial charge in [-0.25, -0.2) is 0 Å². The van der Waals surface area contributed by atoms with Crippen LogP contribution >= 0.6 is 11.6 Å². The Morgan fingerprint density at radius 3 is 2.63 bits per heavy atom. The van der Waals surface area contributed by atoms with E-state index in [4.69, 9.17) is 11.6 Å². The third kappa shape index (κ3) is 4.20. The third-order valence-electron chi connectivity index (χ3n) is 4.13. The van der Waals surface area contributed by atoms with Gasteiger partial charge in [-0.05, 0) is 56.6 Å². The van der Waals surface area contributed by atoms with Crippen LogP contribution in [0, 0.1) is 0 Å². The van der Waals surface area contributed by atoms with Crippen LogP contribution in [-0.4, -0.2) is 30.6 Å². The molecule has 3 heteroatoms. The fraction of sp³-hybridized carbons (Fsp3) is 0.625. The normalized spacial score (nSPS) is 19.5. The van der Waals surface area contributed by atoms with E-state index < -0.39 is 0 Å². The van der Waals surface area contributed by atoms with Crippen molar-refractivity contribution >= 4 is 11.6 Å². The summed E-state index contributed by atoms with van der Waals surface area (Å²) in [6.07, 6.45) is 3.62. The average Bonchev–Trinajstić information content (AvgIpc) is 2.45. The summed E-state index contributed by atoms with van der Waals surface area (Å²) >= 11 is 6.09. The maximum absolute atomic E-state index is 6.09. The SMILES string of the molecule is CCC(NC1CCN(CC)CC1)c1cccc(Cl)c1. The number of rotatable bonds is 5. The van der Waals surface area contributed by atoms with Gasteiger partial charge < -0.3 is 10.2 Å². The Morgan fingerprint density at radius 2 is 2.05 bits per heavy atom. The zero-order chi connectivity index (χ0) is 13.7. The van der Waals surface area contributed by atoms with E-state index in [1.165, 1.54) is 38.0 Å². The molecule has 2 nitrogen and oxygen atoms in total. The van der Waals surface area contributed by atoms with Gasteiger partial charge >= 0.3 is 0 Å². The van der Waals surface area contributed by atoms with Crippen molar-refractivity contribution < 1.29 is 0 Å². The van der Waals surface area contributed by atoms with E-state index in [1.807, 2.05) is 12.1 Å². The highest BCUT2D eigenvalue weighted by Gasteiger charge is 2.20. The highest BCUT2D eigenvalue weighted by Crippen LogP contribution is 2.22. The molecule has 0 saturated carbocycles. The Balaban J connectivity index is 1.93. The number of piperidine rings is 1. The van der Waals surface area contributed by atoms with Crippen LogP contribution in [0.25, 0.3) is 0 Å². The summed E-state index contributed by atoms with van der Waals surface area (Å²) in [5, 5.41) is 4.64. The largest absolute Gasteiger partial charge is 0.307 e. The molecule has 0 aromatic heterocycles. The molecule has 1 saturated heterocycles. The highest BCUT2D eigenvalue weighted by atomic mass is 35.5. The van der Waals surface area contributed by atoms with Crippen molar-refractivity contribution in [2.75, 3.05) is 19.6 Å². The van der Waals surface area contributed by atoms with E-state index >= 15 is 0 Å². The Morgan fingerprint density at radius 1 is 1.32 bits per heavy atom. The van der Waals surface area contributed by atoms with E-state index in [0.29, 0.717) is 12.1 Å². The molecular formula is C16H25ClN2. The summed E-state index contributed by atoms with van der Waals surface area (Å²) in [6, 6.07) is 9.32. The zero-order valence-electron chi connectivity index (χ0n) is 12.0. The number of hydrogen-bond acceptors (Lipinski definition) is 2. The standard InChI is InChI=1S/C16H25ClN2/c1-3-16(13-6-5-7-14(17)12-13)18-15-8-10-19(4-2)11-9-15/h5-7,12,15-16,18H,3-4,8-11H2,1-2H3. The lowest BCUT2D eigenvalue weighted by atomic mass is 9.99. The van der Waals surface area contributed by atoms with Crippen LogP contribution in [0.3, 0.4) is 0 Å². The molecule has 1 fully saturated rings. The maximum atomic E-state index is 6.09. The van der Waals surface area contributed by atoms with Gasteiger partial charge in [0.15, 0.2) is 0 Å². The van der Waals surface area contributed by atoms with Gasteiger partial charge in [-0.2, -0.15) is 0 Å². The van der Waals surface area contributed by atoms with Crippen LogP contribution in [0.5, 0.6) is 0 Å². The minimum atomic E-state index is 0.428. The lowest BCUT2D eigenvalue weighted by Crippen LogP contribution is -2.43. The second kappa shape index (κ2) is 7.28. The number of likely N-dealkylation sites (tertiary alicyclic amines) is 1. The molecule has 1 N–H and O–H groups in total. The topological polar surface area (TPSA) is 15.3 Å². The maximum Gasteiger partial charge on any atom is 0.0409 e. The van der Waals surface area contributed by atoms with Crippen LogP contribution in [-0.2, 0) is 0 Å². The molecule has 0 spiro atoms. The molecule has 0 aliphatic carbocycles. The molecule has 2 rings (SSSR count). The molecule has 19 heavy (non-hydrogen) atoms. The molecule has 1 aromatic carbocycles. The fourth-order valence-corrected chi connectivity index (χ4v) is 3.07. The monoisotopic (exact) mass is 280 g/mol. The first-order valence-electron chi connectivity index (χ1n) is 7.46. The van der Waals surface area contributed by atoms with Crippen molar-refractivity contribution in [1.29, 1.82) is 0 Å². The molecule has 0 bridgehead atoms. The average molecular weight is 281 g/mol. The Kier molecular flexibility index (Phi) is 5.68. The summed E-state index contributed by atoms with van der Waals surface area (Å²) in [5.74, 6) is 0. The lowest BCUT2D eigenvalue weighted by molar-refractivity contribution is 0.198. The summed E-state index contributed by atoms with van der Waals surface area (Å²) in [6.45, 7) is 8.10. The number of benzene rings is 1. The first-order chi connectivity index (χ1) is 9.22. The summed E-state index contributed by atoms with van der Waals surface area (Å²) < 4.78 is 0. The van der Waals surface area contributed by atoms with E-state index in [2.05, 4.69) is 36.2 Å². The van der Waals surface area contributed by atoms with Gasteiger partial charge in [0.1, 0.15) is 0 Å². The van der Waals surface area contributed by atoms with E-state index in [0.717, 1.165) is 11.4 Å². The van der Waals surface area contributed by atoms with Gasteiger partial charge in [-0.15, -0.1) is 0 Å². The minimum absolute atomic E-state index is 0.428. The number of nitrogens with zero attached hydrogens (tertiary/aromatic N) is 1. The van der Waals surface area contributed by atoms with Gasteiger partial charge in [-0.3, -0.25) is 0 Å². The molecule has 1 heterocycles. The van der Waals surface area contributed by atoms with Gasteiger partial charge in [0.2, 0.25) is 0 Å². The predicted molar refractivity (Wildman–Crippen MR) is 82.8 cm³/mol. The van der Waals surface area contributed by atoms with Crippen LogP contribution < -0.4 is 5.32 Å². The Hall–Kier alpha value is -0.570. The molecule has 1 aliphatic rings. The molecule has 0 amide bonds. The van der Waals surface area contributed by atoms with Gasteiger partial charge in [-0.1, -0.05) is 37.6 Å². The van der Waals surface area contributed by atoms with Gasteiger partial charge in [0.25, 0.3) is 0 Å². The first-order valence-corrected chi connectivity index (χ1v) is 7.84. The minimum Gasteiger partial charge on any atom is -0.307 e. The van der Waals surface area contributed by atoms with Crippen LogP contribution in [0.4, 0.5) is 0 Å². The zero-order valence-corrected chi connectivity index (χ0v) is 12.8. The Bertz CT molecular complexity index is 386. The molecular weight excluding hydrogens is 256 g/mol. The molecule has 1 aromatic rings. The van der Waals surface area contributed by atoms with Crippen molar-refractivity contribution in [1.82, 2.24) is 10.2 Å². The third-order valence-corrected chi connectivity index (χ3v) is 4.37. The van der Waals surface area contributed by atoms with Crippen LogP contribution in [0.2, 0.25) is 5.02 Å². The van der Waals surface area contributed by atoms with Gasteiger partial charge in [0, 0.05) is 17.1 Å². The van der Waals surface area contributed by atoms with Crippen molar-refractivity contribution in [3.8, 4) is 0 Å². The van der Waals surface area contributed by atoms with E-state index in [-0.39, 0.29) is 0 Å². The second-order valence-corrected chi connectivity index (χ2v) is 5.83. The summed E-state index contributed by atoms with van der Waals surface area (Å²) in [5.41, 5.74) is 1.31.